The van der Waals surface area contributed by atoms with E-state index in [1.165, 1.54) is 4.88 Å². The fourth-order valence-corrected chi connectivity index (χ4v) is 3.00. The molecule has 0 unspecified atom stereocenters. The molecule has 3 heterocycles. The number of fused-ring (bicyclic) bond motifs is 1. The van der Waals surface area contributed by atoms with Crippen LogP contribution in [0.4, 0.5) is 0 Å². The topological polar surface area (TPSA) is 43.6 Å². The van der Waals surface area contributed by atoms with Gasteiger partial charge in [-0.3, -0.25) is 0 Å². The van der Waals surface area contributed by atoms with Gasteiger partial charge in [-0.15, -0.1) is 22.9 Å². The second-order valence-corrected chi connectivity index (χ2v) is 5.61. The van der Waals surface area contributed by atoms with Gasteiger partial charge < -0.3 is 4.57 Å². The average Bonchev–Trinajstić information content (AvgIpc) is 2.95. The van der Waals surface area contributed by atoms with E-state index in [1.807, 2.05) is 31.5 Å². The van der Waals surface area contributed by atoms with Gasteiger partial charge in [0.25, 0.3) is 0 Å². The minimum Gasteiger partial charge on any atom is -0.306 e. The monoisotopic (exact) mass is 292 g/mol. The lowest BCUT2D eigenvalue weighted by Crippen LogP contribution is -2.04. The van der Waals surface area contributed by atoms with Gasteiger partial charge in [0.2, 0.25) is 0 Å². The van der Waals surface area contributed by atoms with E-state index in [0.717, 1.165) is 34.9 Å². The van der Waals surface area contributed by atoms with Crippen LogP contribution >= 0.6 is 22.9 Å². The highest BCUT2D eigenvalue weighted by atomic mass is 35.5. The SMILES string of the molecule is Cc1ccc2nc(CCl)n(Cc3scnc3C)c2n1. The predicted octanol–water partition coefficient (Wildman–Crippen LogP) is 3.29. The summed E-state index contributed by atoms with van der Waals surface area (Å²) >= 11 is 7.65. The Morgan fingerprint density at radius 3 is 2.79 bits per heavy atom. The molecule has 0 aromatic carbocycles. The zero-order chi connectivity index (χ0) is 13.4. The quantitative estimate of drug-likeness (QED) is 0.696. The van der Waals surface area contributed by atoms with Crippen LogP contribution in [0, 0.1) is 13.8 Å². The van der Waals surface area contributed by atoms with Crippen LogP contribution in [0.25, 0.3) is 11.2 Å². The molecule has 3 rings (SSSR count). The number of aromatic nitrogens is 4. The van der Waals surface area contributed by atoms with Crippen LogP contribution in [0.5, 0.6) is 0 Å². The second kappa shape index (κ2) is 4.90. The first kappa shape index (κ1) is 12.6. The minimum atomic E-state index is 0.382. The first-order valence-corrected chi connectivity index (χ1v) is 7.38. The van der Waals surface area contributed by atoms with Gasteiger partial charge in [-0.25, -0.2) is 15.0 Å². The molecular weight excluding hydrogens is 280 g/mol. The minimum absolute atomic E-state index is 0.382. The molecule has 0 saturated carbocycles. The Morgan fingerprint density at radius 2 is 2.11 bits per heavy atom. The van der Waals surface area contributed by atoms with Crippen molar-refractivity contribution in [2.24, 2.45) is 0 Å². The van der Waals surface area contributed by atoms with E-state index in [4.69, 9.17) is 11.6 Å². The van der Waals surface area contributed by atoms with E-state index >= 15 is 0 Å². The number of pyridine rings is 1. The van der Waals surface area contributed by atoms with Gasteiger partial charge in [-0.2, -0.15) is 0 Å². The second-order valence-electron chi connectivity index (χ2n) is 4.40. The molecule has 0 atom stereocenters. The molecule has 19 heavy (non-hydrogen) atoms. The molecule has 6 heteroatoms. The van der Waals surface area contributed by atoms with Gasteiger partial charge in [0.1, 0.15) is 11.3 Å². The maximum Gasteiger partial charge on any atom is 0.160 e. The smallest absolute Gasteiger partial charge is 0.160 e. The number of thiazole rings is 1. The number of imidazole rings is 1. The summed E-state index contributed by atoms with van der Waals surface area (Å²) in [4.78, 5) is 14.6. The van der Waals surface area contributed by atoms with Gasteiger partial charge >= 0.3 is 0 Å². The van der Waals surface area contributed by atoms with Crippen molar-refractivity contribution >= 4 is 34.1 Å². The molecule has 0 aliphatic rings. The predicted molar refractivity (Wildman–Crippen MR) is 77.8 cm³/mol. The summed E-state index contributed by atoms with van der Waals surface area (Å²) in [5.41, 5.74) is 5.69. The van der Waals surface area contributed by atoms with Gasteiger partial charge in [0, 0.05) is 10.6 Å². The molecule has 4 nitrogen and oxygen atoms in total. The highest BCUT2D eigenvalue weighted by molar-refractivity contribution is 7.09. The van der Waals surface area contributed by atoms with E-state index in [1.54, 1.807) is 11.3 Å². The third kappa shape index (κ3) is 2.24. The van der Waals surface area contributed by atoms with Gasteiger partial charge in [0.15, 0.2) is 5.65 Å². The number of halogens is 1. The summed E-state index contributed by atoms with van der Waals surface area (Å²) in [7, 11) is 0. The van der Waals surface area contributed by atoms with E-state index < -0.39 is 0 Å². The van der Waals surface area contributed by atoms with Crippen molar-refractivity contribution in [3.63, 3.8) is 0 Å². The number of aryl methyl sites for hydroxylation is 2. The van der Waals surface area contributed by atoms with Crippen molar-refractivity contribution in [1.82, 2.24) is 19.5 Å². The van der Waals surface area contributed by atoms with Crippen LogP contribution in [0.15, 0.2) is 17.6 Å². The highest BCUT2D eigenvalue weighted by Gasteiger charge is 2.13. The summed E-state index contributed by atoms with van der Waals surface area (Å²) in [6.45, 7) is 4.73. The molecule has 0 aliphatic carbocycles. The zero-order valence-electron chi connectivity index (χ0n) is 10.7. The van der Waals surface area contributed by atoms with Crippen LogP contribution in [-0.4, -0.2) is 19.5 Å². The number of hydrogen-bond donors (Lipinski definition) is 0. The maximum atomic E-state index is 6.00. The Kier molecular flexibility index (Phi) is 3.24. The summed E-state index contributed by atoms with van der Waals surface area (Å²) in [5.74, 6) is 1.23. The molecule has 0 bridgehead atoms. The number of alkyl halides is 1. The molecule has 0 spiro atoms. The lowest BCUT2D eigenvalue weighted by atomic mass is 10.3. The lowest BCUT2D eigenvalue weighted by molar-refractivity contribution is 0.773. The van der Waals surface area contributed by atoms with Crippen molar-refractivity contribution < 1.29 is 0 Å². The Morgan fingerprint density at radius 1 is 1.26 bits per heavy atom. The number of nitrogens with zero attached hydrogens (tertiary/aromatic N) is 4. The van der Waals surface area contributed by atoms with E-state index in [9.17, 15) is 0 Å². The Bertz CT molecular complexity index is 731. The third-order valence-electron chi connectivity index (χ3n) is 3.08. The lowest BCUT2D eigenvalue weighted by Gasteiger charge is -2.06. The van der Waals surface area contributed by atoms with Gasteiger partial charge in [0.05, 0.1) is 23.6 Å². The Balaban J connectivity index is 2.15. The van der Waals surface area contributed by atoms with Crippen molar-refractivity contribution in [2.45, 2.75) is 26.3 Å². The van der Waals surface area contributed by atoms with Gasteiger partial charge in [-0.1, -0.05) is 0 Å². The van der Waals surface area contributed by atoms with Crippen LogP contribution in [-0.2, 0) is 12.4 Å². The summed E-state index contributed by atoms with van der Waals surface area (Å²) in [5, 5.41) is 0. The maximum absolute atomic E-state index is 6.00. The van der Waals surface area contributed by atoms with Crippen molar-refractivity contribution in [3.8, 4) is 0 Å². The third-order valence-corrected chi connectivity index (χ3v) is 4.24. The normalized spacial score (nSPS) is 11.3. The van der Waals surface area contributed by atoms with Crippen molar-refractivity contribution in [1.29, 1.82) is 0 Å². The van der Waals surface area contributed by atoms with E-state index in [-0.39, 0.29) is 0 Å². The van der Waals surface area contributed by atoms with Crippen LogP contribution in [0.3, 0.4) is 0 Å². The van der Waals surface area contributed by atoms with Crippen LogP contribution in [0.1, 0.15) is 22.1 Å². The zero-order valence-corrected chi connectivity index (χ0v) is 12.3. The van der Waals surface area contributed by atoms with Gasteiger partial charge in [-0.05, 0) is 26.0 Å². The average molecular weight is 293 g/mol. The first-order valence-electron chi connectivity index (χ1n) is 5.96. The summed E-state index contributed by atoms with van der Waals surface area (Å²) < 4.78 is 2.08. The first-order chi connectivity index (χ1) is 9.19. The molecule has 0 fully saturated rings. The summed E-state index contributed by atoms with van der Waals surface area (Å²) in [6, 6.07) is 3.96. The fourth-order valence-electron chi connectivity index (χ4n) is 2.03. The number of hydrogen-bond acceptors (Lipinski definition) is 4. The molecule has 0 radical (unpaired) electrons. The summed E-state index contributed by atoms with van der Waals surface area (Å²) in [6.07, 6.45) is 0. The molecule has 3 aromatic rings. The van der Waals surface area contributed by atoms with Crippen LogP contribution < -0.4 is 0 Å². The molecule has 0 amide bonds. The Hall–Kier alpha value is -1.46. The molecular formula is C13H13ClN4S. The molecule has 0 N–H and O–H groups in total. The Labute approximate surface area is 120 Å². The van der Waals surface area contributed by atoms with E-state index in [0.29, 0.717) is 5.88 Å². The van der Waals surface area contributed by atoms with Crippen LogP contribution in [0.2, 0.25) is 0 Å². The van der Waals surface area contributed by atoms with E-state index in [2.05, 4.69) is 19.5 Å². The molecule has 0 saturated heterocycles. The molecule has 98 valence electrons. The fraction of sp³-hybridized carbons (Fsp3) is 0.308. The molecule has 3 aromatic heterocycles. The van der Waals surface area contributed by atoms with Crippen molar-refractivity contribution in [2.75, 3.05) is 0 Å². The number of rotatable bonds is 3. The largest absolute Gasteiger partial charge is 0.306 e. The standard InChI is InChI=1S/C13H13ClN4S/c1-8-3-4-10-13(16-8)18(12(5-14)17-10)6-11-9(2)15-7-19-11/h3-4,7H,5-6H2,1-2H3. The molecule has 0 aliphatic heterocycles. The highest BCUT2D eigenvalue weighted by Crippen LogP contribution is 2.21. The van der Waals surface area contributed by atoms with Crippen molar-refractivity contribution in [3.05, 3.63) is 39.7 Å².